The Morgan fingerprint density at radius 1 is 1.44 bits per heavy atom. The highest BCUT2D eigenvalue weighted by molar-refractivity contribution is 5.85. The van der Waals surface area contributed by atoms with Crippen LogP contribution in [0.25, 0.3) is 0 Å². The fraction of sp³-hybridized carbons (Fsp3) is 0.143. The number of ether oxygens (including phenoxy) is 1. The first-order valence-electron chi connectivity index (χ1n) is 3.68. The summed E-state index contributed by atoms with van der Waals surface area (Å²) >= 11 is 0. The van der Waals surface area contributed by atoms with Crippen molar-refractivity contribution in [3.8, 4) is 5.75 Å². The molecular weight excluding hydrogens is 233 g/mol. The molecule has 0 fully saturated rings. The zero-order valence-electron chi connectivity index (χ0n) is 7.39. The van der Waals surface area contributed by atoms with Crippen molar-refractivity contribution in [1.82, 2.24) is 4.98 Å². The van der Waals surface area contributed by atoms with Crippen molar-refractivity contribution >= 4 is 12.0 Å². The van der Waals surface area contributed by atoms with Crippen LogP contribution in [0.1, 0.15) is 10.4 Å². The van der Waals surface area contributed by atoms with Gasteiger partial charge in [0.2, 0.25) is 0 Å². The number of nitro groups is 1. The SMILES string of the molecule is O=Cc1c(OC(F)(F)F)cncc1[N+](=O)[O-]. The van der Waals surface area contributed by atoms with Gasteiger partial charge in [0.05, 0.1) is 11.1 Å². The second-order valence-electron chi connectivity index (χ2n) is 2.49. The number of pyridine rings is 1. The quantitative estimate of drug-likeness (QED) is 0.453. The zero-order chi connectivity index (χ0) is 12.3. The lowest BCUT2D eigenvalue weighted by atomic mass is 10.2. The molecule has 0 aromatic carbocycles. The Hall–Kier alpha value is -2.19. The number of aldehydes is 1. The Balaban J connectivity index is 3.24. The van der Waals surface area contributed by atoms with Gasteiger partial charge >= 0.3 is 12.0 Å². The van der Waals surface area contributed by atoms with Crippen LogP contribution >= 0.6 is 0 Å². The van der Waals surface area contributed by atoms with Crippen molar-refractivity contribution in [2.24, 2.45) is 0 Å². The number of rotatable bonds is 3. The van der Waals surface area contributed by atoms with E-state index in [9.17, 15) is 28.1 Å². The van der Waals surface area contributed by atoms with Gasteiger partial charge in [0.1, 0.15) is 11.8 Å². The number of aromatic nitrogens is 1. The van der Waals surface area contributed by atoms with E-state index in [1.165, 1.54) is 0 Å². The Labute approximate surface area is 85.8 Å². The molecule has 0 amide bonds. The van der Waals surface area contributed by atoms with E-state index >= 15 is 0 Å². The van der Waals surface area contributed by atoms with E-state index in [1.807, 2.05) is 0 Å². The molecule has 0 radical (unpaired) electrons. The van der Waals surface area contributed by atoms with Crippen LogP contribution in [-0.4, -0.2) is 22.6 Å². The Morgan fingerprint density at radius 3 is 2.50 bits per heavy atom. The first-order chi connectivity index (χ1) is 7.35. The number of carbonyl (C=O) groups is 1. The summed E-state index contributed by atoms with van der Waals surface area (Å²) < 4.78 is 39.0. The minimum Gasteiger partial charge on any atom is -0.403 e. The summed E-state index contributed by atoms with van der Waals surface area (Å²) in [6.45, 7) is 0. The topological polar surface area (TPSA) is 82.3 Å². The van der Waals surface area contributed by atoms with Crippen LogP contribution in [0.15, 0.2) is 12.4 Å². The van der Waals surface area contributed by atoms with E-state index in [0.29, 0.717) is 12.4 Å². The molecule has 1 heterocycles. The van der Waals surface area contributed by atoms with E-state index < -0.39 is 28.3 Å². The lowest BCUT2D eigenvalue weighted by molar-refractivity contribution is -0.385. The van der Waals surface area contributed by atoms with Crippen LogP contribution in [0, 0.1) is 10.1 Å². The molecule has 6 nitrogen and oxygen atoms in total. The average Bonchev–Trinajstić information content (AvgIpc) is 2.14. The highest BCUT2D eigenvalue weighted by atomic mass is 19.4. The summed E-state index contributed by atoms with van der Waals surface area (Å²) in [5.74, 6) is -1.00. The summed E-state index contributed by atoms with van der Waals surface area (Å²) in [5.41, 5.74) is -1.66. The Kier molecular flexibility index (Phi) is 3.06. The maximum absolute atomic E-state index is 11.9. The molecule has 0 atom stereocenters. The lowest BCUT2D eigenvalue weighted by Gasteiger charge is -2.09. The van der Waals surface area contributed by atoms with Crippen LogP contribution in [-0.2, 0) is 0 Å². The van der Waals surface area contributed by atoms with Crippen molar-refractivity contribution in [2.75, 3.05) is 0 Å². The highest BCUT2D eigenvalue weighted by Gasteiger charge is 2.34. The smallest absolute Gasteiger partial charge is 0.403 e. The van der Waals surface area contributed by atoms with E-state index in [-0.39, 0.29) is 6.29 Å². The van der Waals surface area contributed by atoms with Crippen LogP contribution in [0.2, 0.25) is 0 Å². The van der Waals surface area contributed by atoms with Crippen molar-refractivity contribution in [1.29, 1.82) is 0 Å². The summed E-state index contributed by atoms with van der Waals surface area (Å²) in [6.07, 6.45) is -3.91. The lowest BCUT2D eigenvalue weighted by Crippen LogP contribution is -2.18. The first kappa shape index (κ1) is 11.9. The van der Waals surface area contributed by atoms with Crippen molar-refractivity contribution in [2.45, 2.75) is 6.36 Å². The van der Waals surface area contributed by atoms with Gasteiger partial charge in [-0.2, -0.15) is 0 Å². The van der Waals surface area contributed by atoms with E-state index in [2.05, 4.69) is 9.72 Å². The summed E-state index contributed by atoms with van der Waals surface area (Å²) in [5, 5.41) is 10.4. The largest absolute Gasteiger partial charge is 0.573 e. The molecule has 0 N–H and O–H groups in total. The van der Waals surface area contributed by atoms with E-state index in [1.54, 1.807) is 0 Å². The van der Waals surface area contributed by atoms with Crippen LogP contribution < -0.4 is 4.74 Å². The van der Waals surface area contributed by atoms with Crippen LogP contribution in [0.3, 0.4) is 0 Å². The summed E-state index contributed by atoms with van der Waals surface area (Å²) in [4.78, 5) is 23.0. The van der Waals surface area contributed by atoms with Gasteiger partial charge in [-0.15, -0.1) is 13.2 Å². The number of nitrogens with zero attached hydrogens (tertiary/aromatic N) is 2. The molecule has 0 spiro atoms. The molecule has 1 aromatic heterocycles. The minimum atomic E-state index is -5.05. The van der Waals surface area contributed by atoms with Gasteiger partial charge in [-0.25, -0.2) is 0 Å². The summed E-state index contributed by atoms with van der Waals surface area (Å²) in [6, 6.07) is 0. The van der Waals surface area contributed by atoms with Gasteiger partial charge in [-0.3, -0.25) is 19.9 Å². The molecule has 1 rings (SSSR count). The van der Waals surface area contributed by atoms with Crippen molar-refractivity contribution in [3.63, 3.8) is 0 Å². The second-order valence-corrected chi connectivity index (χ2v) is 2.49. The Morgan fingerprint density at radius 2 is 2.06 bits per heavy atom. The molecule has 0 aliphatic heterocycles. The molecule has 0 aliphatic rings. The zero-order valence-corrected chi connectivity index (χ0v) is 7.39. The van der Waals surface area contributed by atoms with Gasteiger partial charge < -0.3 is 4.74 Å². The number of carbonyl (C=O) groups excluding carboxylic acids is 1. The molecule has 9 heteroatoms. The Bertz CT molecular complexity index is 432. The minimum absolute atomic E-state index is 0.0963. The number of halogens is 3. The molecule has 0 bridgehead atoms. The average molecular weight is 236 g/mol. The number of alkyl halides is 3. The van der Waals surface area contributed by atoms with Crippen molar-refractivity contribution < 1.29 is 27.6 Å². The third-order valence-electron chi connectivity index (χ3n) is 1.47. The van der Waals surface area contributed by atoms with Gasteiger partial charge in [0.15, 0.2) is 12.0 Å². The number of hydrogen-bond acceptors (Lipinski definition) is 5. The summed E-state index contributed by atoms with van der Waals surface area (Å²) in [7, 11) is 0. The molecule has 0 unspecified atom stereocenters. The van der Waals surface area contributed by atoms with E-state index in [0.717, 1.165) is 0 Å². The maximum atomic E-state index is 11.9. The van der Waals surface area contributed by atoms with Crippen LogP contribution in [0.4, 0.5) is 18.9 Å². The normalized spacial score (nSPS) is 10.9. The fourth-order valence-corrected chi connectivity index (χ4v) is 0.911. The molecule has 86 valence electrons. The standard InChI is InChI=1S/C7H3F3N2O4/c8-7(9,10)16-6-2-11-1-5(12(14)15)4(6)3-13/h1-3H. The molecular formula is C7H3F3N2O4. The van der Waals surface area contributed by atoms with Crippen molar-refractivity contribution in [3.05, 3.63) is 28.1 Å². The van der Waals surface area contributed by atoms with Gasteiger partial charge in [-0.1, -0.05) is 0 Å². The van der Waals surface area contributed by atoms with E-state index in [4.69, 9.17) is 0 Å². The third kappa shape index (κ3) is 2.65. The third-order valence-corrected chi connectivity index (χ3v) is 1.47. The first-order valence-corrected chi connectivity index (χ1v) is 3.68. The molecule has 16 heavy (non-hydrogen) atoms. The van der Waals surface area contributed by atoms with Crippen LogP contribution in [0.5, 0.6) is 5.75 Å². The number of hydrogen-bond donors (Lipinski definition) is 0. The second kappa shape index (κ2) is 4.13. The predicted octanol–water partition coefficient (Wildman–Crippen LogP) is 1.70. The molecule has 0 saturated heterocycles. The van der Waals surface area contributed by atoms with Gasteiger partial charge in [0, 0.05) is 0 Å². The molecule has 0 aliphatic carbocycles. The monoisotopic (exact) mass is 236 g/mol. The van der Waals surface area contributed by atoms with Gasteiger partial charge in [0.25, 0.3) is 0 Å². The van der Waals surface area contributed by atoms with Gasteiger partial charge in [-0.05, 0) is 0 Å². The maximum Gasteiger partial charge on any atom is 0.573 e. The molecule has 1 aromatic rings. The molecule has 0 saturated carbocycles. The fourth-order valence-electron chi connectivity index (χ4n) is 0.911. The highest BCUT2D eigenvalue weighted by Crippen LogP contribution is 2.29. The predicted molar refractivity (Wildman–Crippen MR) is 43.0 cm³/mol.